The number of carbonyl (C=O) groups excluding carboxylic acids is 1. The lowest BCUT2D eigenvalue weighted by Crippen LogP contribution is -2.30. The molecular formula is C20H24FN7O2. The molecule has 3 fully saturated rings. The van der Waals surface area contributed by atoms with Crippen molar-refractivity contribution in [3.8, 4) is 0 Å². The Labute approximate surface area is 173 Å². The number of anilines is 2. The second-order valence-corrected chi connectivity index (χ2v) is 7.92. The molecule has 5 heterocycles. The number of rotatable bonds is 4. The Bertz CT molecular complexity index is 1030. The minimum atomic E-state index is -0.877. The van der Waals surface area contributed by atoms with E-state index in [1.54, 1.807) is 10.7 Å². The normalized spacial score (nSPS) is 24.2. The van der Waals surface area contributed by atoms with Crippen molar-refractivity contribution in [1.29, 1.82) is 0 Å². The van der Waals surface area contributed by atoms with Crippen molar-refractivity contribution in [2.24, 2.45) is 0 Å². The van der Waals surface area contributed by atoms with Gasteiger partial charge in [0, 0.05) is 37.1 Å². The number of aromatic nitrogens is 4. The first-order chi connectivity index (χ1) is 14.6. The van der Waals surface area contributed by atoms with Gasteiger partial charge in [-0.3, -0.25) is 4.79 Å². The van der Waals surface area contributed by atoms with Crippen molar-refractivity contribution < 1.29 is 13.9 Å². The van der Waals surface area contributed by atoms with E-state index in [1.165, 1.54) is 0 Å². The summed E-state index contributed by atoms with van der Waals surface area (Å²) in [6.07, 6.45) is 5.19. The highest BCUT2D eigenvalue weighted by molar-refractivity contribution is 5.89. The smallest absolute Gasteiger partial charge is 0.231 e. The average Bonchev–Trinajstić information content (AvgIpc) is 3.42. The number of ether oxygens (including phenoxy) is 1. The molecule has 3 saturated heterocycles. The van der Waals surface area contributed by atoms with E-state index < -0.39 is 6.17 Å². The van der Waals surface area contributed by atoms with Crippen molar-refractivity contribution in [2.45, 2.75) is 37.9 Å². The van der Waals surface area contributed by atoms with Crippen LogP contribution < -0.4 is 15.5 Å². The maximum absolute atomic E-state index is 13.9. The van der Waals surface area contributed by atoms with Gasteiger partial charge in [-0.2, -0.15) is 19.6 Å². The van der Waals surface area contributed by atoms with Gasteiger partial charge in [-0.15, -0.1) is 0 Å². The fraction of sp³-hybridized carbons (Fsp3) is 0.500. The van der Waals surface area contributed by atoms with Crippen LogP contribution in [0.15, 0.2) is 24.0 Å². The lowest BCUT2D eigenvalue weighted by atomic mass is 10.1. The van der Waals surface area contributed by atoms with Crippen LogP contribution in [0.2, 0.25) is 0 Å². The summed E-state index contributed by atoms with van der Waals surface area (Å²) in [4.78, 5) is 22.9. The number of fused-ring (bicyclic) bond motifs is 1. The maximum Gasteiger partial charge on any atom is 0.231 e. The van der Waals surface area contributed by atoms with Crippen LogP contribution in [0.3, 0.4) is 0 Å². The van der Waals surface area contributed by atoms with Gasteiger partial charge in [0.2, 0.25) is 17.8 Å². The molecule has 158 valence electrons. The minimum absolute atomic E-state index is 0.0778. The summed E-state index contributed by atoms with van der Waals surface area (Å²) in [7, 11) is 0. The Morgan fingerprint density at radius 2 is 2.13 bits per heavy atom. The molecule has 1 atom stereocenters. The molecule has 3 aliphatic heterocycles. The lowest BCUT2D eigenvalue weighted by Gasteiger charge is -2.24. The van der Waals surface area contributed by atoms with Crippen molar-refractivity contribution in [3.05, 3.63) is 29.6 Å². The molecule has 30 heavy (non-hydrogen) atoms. The fourth-order valence-corrected chi connectivity index (χ4v) is 4.07. The predicted octanol–water partition coefficient (Wildman–Crippen LogP) is 1.68. The third-order valence-corrected chi connectivity index (χ3v) is 5.71. The summed E-state index contributed by atoms with van der Waals surface area (Å²) in [5, 5.41) is 10.6. The molecular weight excluding hydrogens is 389 g/mol. The molecule has 0 radical (unpaired) electrons. The molecule has 2 N–H and O–H groups in total. The van der Waals surface area contributed by atoms with Gasteiger partial charge in [0.25, 0.3) is 0 Å². The van der Waals surface area contributed by atoms with Crippen LogP contribution in [-0.4, -0.2) is 64.0 Å². The SMILES string of the molecule is C=C1NC(=O)C/C1=C\c1cnn2c(N3CC[C@@H](F)C3)nc(NC3CCOCC3)nc12. The molecule has 3 aliphatic rings. The molecule has 10 heteroatoms. The largest absolute Gasteiger partial charge is 0.381 e. The van der Waals surface area contributed by atoms with E-state index in [1.807, 2.05) is 11.0 Å². The van der Waals surface area contributed by atoms with Crippen molar-refractivity contribution in [2.75, 3.05) is 36.5 Å². The molecule has 0 unspecified atom stereocenters. The number of hydrogen-bond acceptors (Lipinski definition) is 7. The van der Waals surface area contributed by atoms with E-state index in [0.29, 0.717) is 49.4 Å². The third kappa shape index (κ3) is 3.62. The predicted molar refractivity (Wildman–Crippen MR) is 110 cm³/mol. The first-order valence-electron chi connectivity index (χ1n) is 10.3. The number of amides is 1. The van der Waals surface area contributed by atoms with Gasteiger partial charge in [-0.25, -0.2) is 4.39 Å². The fourth-order valence-electron chi connectivity index (χ4n) is 4.07. The standard InChI is InChI=1S/C20H24FN7O2/c1-12-13(9-17(29)23-12)8-14-10-22-28-18(14)25-19(24-16-3-6-30-7-4-16)26-20(28)27-5-2-15(21)11-27/h8,10,15-16H,1-7,9,11H2,(H,23,29)(H,24,25)/b13-8+/t15-/m1/s1. The summed E-state index contributed by atoms with van der Waals surface area (Å²) in [5.41, 5.74) is 2.77. The Morgan fingerprint density at radius 3 is 2.83 bits per heavy atom. The molecule has 0 bridgehead atoms. The number of hydrogen-bond donors (Lipinski definition) is 2. The Hall–Kier alpha value is -3.01. The van der Waals surface area contributed by atoms with E-state index >= 15 is 0 Å². The summed E-state index contributed by atoms with van der Waals surface area (Å²) in [5.74, 6) is 0.982. The van der Waals surface area contributed by atoms with Crippen LogP contribution in [-0.2, 0) is 9.53 Å². The van der Waals surface area contributed by atoms with E-state index in [-0.39, 0.29) is 24.9 Å². The quantitative estimate of drug-likeness (QED) is 0.787. The number of nitrogens with zero attached hydrogens (tertiary/aromatic N) is 5. The second-order valence-electron chi connectivity index (χ2n) is 7.92. The zero-order chi connectivity index (χ0) is 20.7. The second kappa shape index (κ2) is 7.67. The minimum Gasteiger partial charge on any atom is -0.381 e. The number of halogens is 1. The van der Waals surface area contributed by atoms with Gasteiger partial charge in [-0.1, -0.05) is 6.58 Å². The van der Waals surface area contributed by atoms with Crippen LogP contribution >= 0.6 is 0 Å². The van der Waals surface area contributed by atoms with Crippen LogP contribution in [0.5, 0.6) is 0 Å². The highest BCUT2D eigenvalue weighted by Gasteiger charge is 2.27. The number of nitrogens with one attached hydrogen (secondary N) is 2. The molecule has 0 saturated carbocycles. The first-order valence-corrected chi connectivity index (χ1v) is 10.3. The van der Waals surface area contributed by atoms with Gasteiger partial charge in [0.15, 0.2) is 5.65 Å². The molecule has 2 aromatic rings. The summed E-state index contributed by atoms with van der Waals surface area (Å²) < 4.78 is 21.0. The molecule has 0 spiro atoms. The maximum atomic E-state index is 13.9. The highest BCUT2D eigenvalue weighted by atomic mass is 19.1. The molecule has 2 aromatic heterocycles. The van der Waals surface area contributed by atoms with Crippen LogP contribution in [0.4, 0.5) is 16.3 Å². The van der Waals surface area contributed by atoms with Gasteiger partial charge in [0.05, 0.1) is 19.2 Å². The van der Waals surface area contributed by atoms with E-state index in [2.05, 4.69) is 27.3 Å². The highest BCUT2D eigenvalue weighted by Crippen LogP contribution is 2.27. The summed E-state index contributed by atoms with van der Waals surface area (Å²) >= 11 is 0. The summed E-state index contributed by atoms with van der Waals surface area (Å²) in [6, 6.07) is 0.225. The lowest BCUT2D eigenvalue weighted by molar-refractivity contribution is -0.118. The zero-order valence-corrected chi connectivity index (χ0v) is 16.6. The van der Waals surface area contributed by atoms with Crippen LogP contribution in [0, 0.1) is 0 Å². The number of carbonyl (C=O) groups is 1. The van der Waals surface area contributed by atoms with Gasteiger partial charge in [-0.05, 0) is 30.9 Å². The molecule has 0 aromatic carbocycles. The number of allylic oxidation sites excluding steroid dienone is 1. The first kappa shape index (κ1) is 19.0. The monoisotopic (exact) mass is 413 g/mol. The van der Waals surface area contributed by atoms with Crippen molar-refractivity contribution in [1.82, 2.24) is 24.9 Å². The van der Waals surface area contributed by atoms with Crippen LogP contribution in [0.1, 0.15) is 31.2 Å². The van der Waals surface area contributed by atoms with Gasteiger partial charge in [0.1, 0.15) is 6.17 Å². The topological polar surface area (TPSA) is 96.7 Å². The number of alkyl halides is 1. The van der Waals surface area contributed by atoms with E-state index in [9.17, 15) is 9.18 Å². The molecule has 1 amide bonds. The van der Waals surface area contributed by atoms with Crippen molar-refractivity contribution >= 4 is 29.5 Å². The Balaban J connectivity index is 1.55. The molecule has 5 rings (SSSR count). The summed E-state index contributed by atoms with van der Waals surface area (Å²) in [6.45, 7) is 6.17. The zero-order valence-electron chi connectivity index (χ0n) is 16.6. The Kier molecular flexibility index (Phi) is 4.86. The van der Waals surface area contributed by atoms with Gasteiger partial charge >= 0.3 is 0 Å². The molecule has 0 aliphatic carbocycles. The third-order valence-electron chi connectivity index (χ3n) is 5.71. The van der Waals surface area contributed by atoms with E-state index in [4.69, 9.17) is 9.72 Å². The van der Waals surface area contributed by atoms with Gasteiger partial charge < -0.3 is 20.3 Å². The van der Waals surface area contributed by atoms with E-state index in [0.717, 1.165) is 24.0 Å². The molecule has 9 nitrogen and oxygen atoms in total. The van der Waals surface area contributed by atoms with Crippen LogP contribution in [0.25, 0.3) is 11.7 Å². The van der Waals surface area contributed by atoms with Crippen molar-refractivity contribution in [3.63, 3.8) is 0 Å². The average molecular weight is 413 g/mol. The Morgan fingerprint density at radius 1 is 1.30 bits per heavy atom.